The first-order valence-corrected chi connectivity index (χ1v) is 8.22. The van der Waals surface area contributed by atoms with Crippen LogP contribution in [0.3, 0.4) is 0 Å². The van der Waals surface area contributed by atoms with E-state index < -0.39 is 0 Å². The molecule has 1 heterocycles. The van der Waals surface area contributed by atoms with Crippen LogP contribution in [-0.4, -0.2) is 32.7 Å². The number of halogens is 1. The van der Waals surface area contributed by atoms with Crippen LogP contribution in [0.4, 0.5) is 0 Å². The molecule has 0 atom stereocenters. The molecule has 4 nitrogen and oxygen atoms in total. The van der Waals surface area contributed by atoms with Crippen LogP contribution in [0.15, 0.2) is 24.3 Å². The number of rotatable bonds is 7. The van der Waals surface area contributed by atoms with Crippen LogP contribution >= 0.6 is 12.4 Å². The van der Waals surface area contributed by atoms with E-state index in [0.717, 1.165) is 51.1 Å². The van der Waals surface area contributed by atoms with Crippen LogP contribution in [0, 0.1) is 5.41 Å². The Morgan fingerprint density at radius 3 is 2.52 bits per heavy atom. The van der Waals surface area contributed by atoms with Crippen LogP contribution in [0.25, 0.3) is 0 Å². The lowest BCUT2D eigenvalue weighted by molar-refractivity contribution is -0.121. The van der Waals surface area contributed by atoms with Gasteiger partial charge < -0.3 is 15.4 Å². The number of hydrogen-bond donors (Lipinski definition) is 2. The third-order valence-corrected chi connectivity index (χ3v) is 4.55. The van der Waals surface area contributed by atoms with E-state index in [4.69, 9.17) is 4.74 Å². The third-order valence-electron chi connectivity index (χ3n) is 4.55. The van der Waals surface area contributed by atoms with Crippen LogP contribution in [0.5, 0.6) is 5.75 Å². The number of carbonyl (C=O) groups is 1. The molecule has 5 heteroatoms. The Morgan fingerprint density at radius 1 is 1.26 bits per heavy atom. The molecule has 1 saturated heterocycles. The van der Waals surface area contributed by atoms with Gasteiger partial charge in [0.05, 0.1) is 7.11 Å². The smallest absolute Gasteiger partial charge is 0.220 e. The first-order valence-electron chi connectivity index (χ1n) is 8.22. The molecule has 0 saturated carbocycles. The molecule has 1 fully saturated rings. The number of hydrogen-bond acceptors (Lipinski definition) is 3. The Morgan fingerprint density at radius 2 is 1.91 bits per heavy atom. The molecule has 1 aliphatic heterocycles. The van der Waals surface area contributed by atoms with Crippen LogP contribution in [0.1, 0.15) is 38.2 Å². The van der Waals surface area contributed by atoms with Crippen molar-refractivity contribution in [2.24, 2.45) is 5.41 Å². The normalized spacial score (nSPS) is 16.3. The first kappa shape index (κ1) is 19.8. The predicted molar refractivity (Wildman–Crippen MR) is 96.4 cm³/mol. The molecule has 2 N–H and O–H groups in total. The monoisotopic (exact) mass is 340 g/mol. The van der Waals surface area contributed by atoms with Crippen molar-refractivity contribution in [1.82, 2.24) is 10.6 Å². The maximum Gasteiger partial charge on any atom is 0.220 e. The minimum atomic E-state index is 0. The molecule has 0 bridgehead atoms. The van der Waals surface area contributed by atoms with Gasteiger partial charge in [0.15, 0.2) is 0 Å². The van der Waals surface area contributed by atoms with Gasteiger partial charge in [0, 0.05) is 13.0 Å². The average molecular weight is 341 g/mol. The van der Waals surface area contributed by atoms with Gasteiger partial charge in [0.25, 0.3) is 0 Å². The maximum atomic E-state index is 12.0. The second-order valence-electron chi connectivity index (χ2n) is 6.54. The van der Waals surface area contributed by atoms with Crippen molar-refractivity contribution in [3.63, 3.8) is 0 Å². The lowest BCUT2D eigenvalue weighted by Gasteiger charge is -2.34. The lowest BCUT2D eigenvalue weighted by atomic mass is 9.81. The van der Waals surface area contributed by atoms with E-state index in [-0.39, 0.29) is 23.7 Å². The summed E-state index contributed by atoms with van der Waals surface area (Å²) in [6.45, 7) is 5.19. The fraction of sp³-hybridized carbons (Fsp3) is 0.611. The SMILES string of the molecule is COc1ccc(CCCC(=O)NCC2(C)CCNCC2)cc1.Cl. The summed E-state index contributed by atoms with van der Waals surface area (Å²) in [5, 5.41) is 6.48. The molecule has 1 amide bonds. The average Bonchev–Trinajstić information content (AvgIpc) is 2.54. The third kappa shape index (κ3) is 6.80. The number of ether oxygens (including phenoxy) is 1. The Kier molecular flexibility index (Phi) is 8.42. The summed E-state index contributed by atoms with van der Waals surface area (Å²) in [5.41, 5.74) is 1.51. The van der Waals surface area contributed by atoms with Crippen LogP contribution in [-0.2, 0) is 11.2 Å². The van der Waals surface area contributed by atoms with Crippen LogP contribution < -0.4 is 15.4 Å². The maximum absolute atomic E-state index is 12.0. The van der Waals surface area contributed by atoms with Crippen molar-refractivity contribution in [1.29, 1.82) is 0 Å². The predicted octanol–water partition coefficient (Wildman–Crippen LogP) is 2.95. The molecule has 1 aliphatic rings. The van der Waals surface area contributed by atoms with Crippen molar-refractivity contribution < 1.29 is 9.53 Å². The summed E-state index contributed by atoms with van der Waals surface area (Å²) in [6.07, 6.45) is 4.69. The number of nitrogens with one attached hydrogen (secondary N) is 2. The molecule has 0 aromatic heterocycles. The first-order chi connectivity index (χ1) is 10.6. The molecule has 0 spiro atoms. The minimum Gasteiger partial charge on any atom is -0.497 e. The summed E-state index contributed by atoms with van der Waals surface area (Å²) in [4.78, 5) is 12.0. The number of methoxy groups -OCH3 is 1. The van der Waals surface area contributed by atoms with E-state index >= 15 is 0 Å². The number of piperidine rings is 1. The quantitative estimate of drug-likeness (QED) is 0.802. The van der Waals surface area contributed by atoms with E-state index in [1.54, 1.807) is 7.11 Å². The topological polar surface area (TPSA) is 50.4 Å². The number of benzene rings is 1. The van der Waals surface area contributed by atoms with Gasteiger partial charge in [-0.15, -0.1) is 12.4 Å². The van der Waals surface area contributed by atoms with Gasteiger partial charge in [-0.05, 0) is 61.9 Å². The highest BCUT2D eigenvalue weighted by molar-refractivity contribution is 5.85. The highest BCUT2D eigenvalue weighted by Crippen LogP contribution is 2.26. The Hall–Kier alpha value is -1.26. The van der Waals surface area contributed by atoms with Gasteiger partial charge in [-0.1, -0.05) is 19.1 Å². The molecular formula is C18H29ClN2O2. The lowest BCUT2D eigenvalue weighted by Crippen LogP contribution is -2.42. The Balaban J connectivity index is 0.00000264. The summed E-state index contributed by atoms with van der Waals surface area (Å²) >= 11 is 0. The van der Waals surface area contributed by atoms with Crippen molar-refractivity contribution in [2.45, 2.75) is 39.0 Å². The molecule has 1 aromatic carbocycles. The van der Waals surface area contributed by atoms with E-state index in [0.29, 0.717) is 6.42 Å². The van der Waals surface area contributed by atoms with Gasteiger partial charge in [0.2, 0.25) is 5.91 Å². The van der Waals surface area contributed by atoms with E-state index in [2.05, 4.69) is 29.7 Å². The van der Waals surface area contributed by atoms with Crippen molar-refractivity contribution in [3.8, 4) is 5.75 Å². The summed E-state index contributed by atoms with van der Waals surface area (Å²) < 4.78 is 5.14. The standard InChI is InChI=1S/C18H28N2O2.ClH/c1-18(10-12-19-13-11-18)14-20-17(21)5-3-4-15-6-8-16(22-2)9-7-15;/h6-9,19H,3-5,10-14H2,1-2H3,(H,20,21);1H. The number of carbonyl (C=O) groups excluding carboxylic acids is 1. The van der Waals surface area contributed by atoms with Gasteiger partial charge in [-0.3, -0.25) is 4.79 Å². The van der Waals surface area contributed by atoms with Crippen molar-refractivity contribution in [2.75, 3.05) is 26.7 Å². The Labute approximate surface area is 145 Å². The molecule has 2 rings (SSSR count). The molecule has 0 radical (unpaired) electrons. The fourth-order valence-electron chi connectivity index (χ4n) is 2.85. The van der Waals surface area contributed by atoms with Crippen molar-refractivity contribution in [3.05, 3.63) is 29.8 Å². The molecule has 0 aliphatic carbocycles. The summed E-state index contributed by atoms with van der Waals surface area (Å²) in [7, 11) is 1.67. The van der Waals surface area contributed by atoms with E-state index in [9.17, 15) is 4.79 Å². The zero-order valence-corrected chi connectivity index (χ0v) is 15.0. The van der Waals surface area contributed by atoms with Crippen molar-refractivity contribution >= 4 is 18.3 Å². The van der Waals surface area contributed by atoms with Gasteiger partial charge in [0.1, 0.15) is 5.75 Å². The van der Waals surface area contributed by atoms with Crippen LogP contribution in [0.2, 0.25) is 0 Å². The summed E-state index contributed by atoms with van der Waals surface area (Å²) in [6, 6.07) is 8.06. The van der Waals surface area contributed by atoms with E-state index in [1.807, 2.05) is 12.1 Å². The highest BCUT2D eigenvalue weighted by Gasteiger charge is 2.26. The number of aryl methyl sites for hydroxylation is 1. The van der Waals surface area contributed by atoms with Gasteiger partial charge in [-0.2, -0.15) is 0 Å². The molecule has 1 aromatic rings. The zero-order valence-electron chi connectivity index (χ0n) is 14.2. The van der Waals surface area contributed by atoms with Gasteiger partial charge in [-0.25, -0.2) is 0 Å². The number of amides is 1. The fourth-order valence-corrected chi connectivity index (χ4v) is 2.85. The largest absolute Gasteiger partial charge is 0.497 e. The van der Waals surface area contributed by atoms with E-state index in [1.165, 1.54) is 5.56 Å². The zero-order chi connectivity index (χ0) is 15.8. The second kappa shape index (κ2) is 9.78. The Bertz CT molecular complexity index is 470. The molecule has 130 valence electrons. The second-order valence-corrected chi connectivity index (χ2v) is 6.54. The highest BCUT2D eigenvalue weighted by atomic mass is 35.5. The minimum absolute atomic E-state index is 0. The molecule has 23 heavy (non-hydrogen) atoms. The summed E-state index contributed by atoms with van der Waals surface area (Å²) in [5.74, 6) is 1.05. The molecular weight excluding hydrogens is 312 g/mol. The van der Waals surface area contributed by atoms with Gasteiger partial charge >= 0.3 is 0 Å². The molecule has 0 unspecified atom stereocenters.